The van der Waals surface area contributed by atoms with Gasteiger partial charge in [0.15, 0.2) is 0 Å². The van der Waals surface area contributed by atoms with E-state index in [0.717, 1.165) is 23.6 Å². The molecule has 1 aliphatic rings. The van der Waals surface area contributed by atoms with Crippen LogP contribution in [-0.2, 0) is 6.54 Å². The van der Waals surface area contributed by atoms with Crippen molar-refractivity contribution in [3.63, 3.8) is 0 Å². The summed E-state index contributed by atoms with van der Waals surface area (Å²) in [5.74, 6) is 0. The summed E-state index contributed by atoms with van der Waals surface area (Å²) in [6.07, 6.45) is 5.33. The molecule has 17 heavy (non-hydrogen) atoms. The molecule has 1 fully saturated rings. The van der Waals surface area contributed by atoms with Gasteiger partial charge >= 0.3 is 0 Å². The third-order valence-electron chi connectivity index (χ3n) is 3.30. The van der Waals surface area contributed by atoms with Gasteiger partial charge in [-0.25, -0.2) is 0 Å². The van der Waals surface area contributed by atoms with Gasteiger partial charge in [-0.15, -0.1) is 0 Å². The van der Waals surface area contributed by atoms with E-state index in [0.29, 0.717) is 0 Å². The first-order valence-electron chi connectivity index (χ1n) is 6.53. The lowest BCUT2D eigenvalue weighted by Gasteiger charge is -2.23. The molecule has 1 saturated heterocycles. The zero-order valence-corrected chi connectivity index (χ0v) is 11.8. The van der Waals surface area contributed by atoms with Crippen LogP contribution in [0.5, 0.6) is 0 Å². The third-order valence-corrected chi connectivity index (χ3v) is 3.79. The van der Waals surface area contributed by atoms with Gasteiger partial charge in [-0.05, 0) is 50.0 Å². The molecule has 0 aliphatic carbocycles. The summed E-state index contributed by atoms with van der Waals surface area (Å²) in [6.45, 7) is 3.27. The second kappa shape index (κ2) is 7.14. The van der Waals surface area contributed by atoms with E-state index in [9.17, 15) is 0 Å². The van der Waals surface area contributed by atoms with Crippen molar-refractivity contribution in [1.29, 1.82) is 0 Å². The van der Waals surface area contributed by atoms with E-state index in [1.54, 1.807) is 0 Å². The number of rotatable bonds is 5. The molecule has 1 aromatic carbocycles. The molecule has 0 radical (unpaired) electrons. The highest BCUT2D eigenvalue weighted by Gasteiger charge is 2.11. The Kier molecular flexibility index (Phi) is 5.49. The predicted molar refractivity (Wildman–Crippen MR) is 76.1 cm³/mol. The molecule has 0 bridgehead atoms. The van der Waals surface area contributed by atoms with Crippen molar-refractivity contribution >= 4 is 15.9 Å². The fourth-order valence-corrected chi connectivity index (χ4v) is 2.77. The molecule has 1 heterocycles. The molecule has 1 unspecified atom stereocenters. The van der Waals surface area contributed by atoms with Crippen molar-refractivity contribution in [1.82, 2.24) is 10.6 Å². The first-order valence-corrected chi connectivity index (χ1v) is 7.32. The van der Waals surface area contributed by atoms with E-state index in [2.05, 4.69) is 50.8 Å². The lowest BCUT2D eigenvalue weighted by molar-refractivity contribution is 0.376. The normalized spacial score (nSPS) is 20.4. The Labute approximate surface area is 112 Å². The molecule has 1 aliphatic heterocycles. The topological polar surface area (TPSA) is 24.1 Å². The summed E-state index contributed by atoms with van der Waals surface area (Å²) in [6, 6.07) is 9.22. The highest BCUT2D eigenvalue weighted by atomic mass is 79.9. The second-order valence-corrected chi connectivity index (χ2v) is 5.66. The molecule has 0 saturated carbocycles. The minimum Gasteiger partial charge on any atom is -0.314 e. The molecule has 94 valence electrons. The molecule has 1 atom stereocenters. The standard InChI is InChI=1S/C14H21BrN2/c15-13-5-3-4-12(10-13)11-16-9-7-14-6-1-2-8-17-14/h3-5,10,14,16-17H,1-2,6-9,11H2. The van der Waals surface area contributed by atoms with Gasteiger partial charge in [0.1, 0.15) is 0 Å². The molecule has 2 N–H and O–H groups in total. The highest BCUT2D eigenvalue weighted by Crippen LogP contribution is 2.12. The Hall–Kier alpha value is -0.380. The van der Waals surface area contributed by atoms with Gasteiger partial charge in [0, 0.05) is 17.1 Å². The van der Waals surface area contributed by atoms with E-state index in [1.807, 2.05) is 0 Å². The fourth-order valence-electron chi connectivity index (χ4n) is 2.33. The van der Waals surface area contributed by atoms with E-state index in [4.69, 9.17) is 0 Å². The van der Waals surface area contributed by atoms with Gasteiger partial charge in [-0.3, -0.25) is 0 Å². The van der Waals surface area contributed by atoms with Crippen LogP contribution in [0.3, 0.4) is 0 Å². The average Bonchev–Trinajstić information content (AvgIpc) is 2.36. The zero-order valence-electron chi connectivity index (χ0n) is 10.2. The largest absolute Gasteiger partial charge is 0.314 e. The van der Waals surface area contributed by atoms with Crippen molar-refractivity contribution in [3.05, 3.63) is 34.3 Å². The predicted octanol–water partition coefficient (Wildman–Crippen LogP) is 3.07. The molecule has 2 rings (SSSR count). The van der Waals surface area contributed by atoms with E-state index < -0.39 is 0 Å². The summed E-state index contributed by atoms with van der Waals surface area (Å²) in [5.41, 5.74) is 1.34. The van der Waals surface area contributed by atoms with Crippen LogP contribution in [0.15, 0.2) is 28.7 Å². The van der Waals surface area contributed by atoms with Crippen LogP contribution in [0.25, 0.3) is 0 Å². The molecule has 3 heteroatoms. The highest BCUT2D eigenvalue weighted by molar-refractivity contribution is 9.10. The maximum absolute atomic E-state index is 3.58. The minimum absolute atomic E-state index is 0.735. The Morgan fingerprint density at radius 2 is 2.29 bits per heavy atom. The Morgan fingerprint density at radius 3 is 3.06 bits per heavy atom. The van der Waals surface area contributed by atoms with Crippen LogP contribution in [0.4, 0.5) is 0 Å². The van der Waals surface area contributed by atoms with Crippen molar-refractivity contribution in [2.75, 3.05) is 13.1 Å². The fraction of sp³-hybridized carbons (Fsp3) is 0.571. The first-order chi connectivity index (χ1) is 8.34. The van der Waals surface area contributed by atoms with Crippen molar-refractivity contribution in [2.45, 2.75) is 38.3 Å². The van der Waals surface area contributed by atoms with Crippen molar-refractivity contribution in [3.8, 4) is 0 Å². The lowest BCUT2D eigenvalue weighted by Crippen LogP contribution is -2.36. The van der Waals surface area contributed by atoms with Crippen LogP contribution in [0.2, 0.25) is 0 Å². The Bertz CT molecular complexity index is 335. The van der Waals surface area contributed by atoms with Gasteiger partial charge in [-0.1, -0.05) is 34.5 Å². The molecular formula is C14H21BrN2. The second-order valence-electron chi connectivity index (χ2n) is 4.74. The van der Waals surface area contributed by atoms with Crippen LogP contribution < -0.4 is 10.6 Å². The number of nitrogens with one attached hydrogen (secondary N) is 2. The smallest absolute Gasteiger partial charge is 0.0205 e. The third kappa shape index (κ3) is 4.78. The monoisotopic (exact) mass is 296 g/mol. The molecule has 0 amide bonds. The Balaban J connectivity index is 1.62. The van der Waals surface area contributed by atoms with Gasteiger partial charge in [-0.2, -0.15) is 0 Å². The lowest BCUT2D eigenvalue weighted by atomic mass is 10.0. The summed E-state index contributed by atoms with van der Waals surface area (Å²) < 4.78 is 1.16. The van der Waals surface area contributed by atoms with Gasteiger partial charge in [0.05, 0.1) is 0 Å². The van der Waals surface area contributed by atoms with E-state index in [-0.39, 0.29) is 0 Å². The Morgan fingerprint density at radius 1 is 1.35 bits per heavy atom. The van der Waals surface area contributed by atoms with Crippen LogP contribution in [0.1, 0.15) is 31.2 Å². The summed E-state index contributed by atoms with van der Waals surface area (Å²) >= 11 is 3.50. The quantitative estimate of drug-likeness (QED) is 0.816. The van der Waals surface area contributed by atoms with Crippen molar-refractivity contribution in [2.24, 2.45) is 0 Å². The number of halogens is 1. The maximum atomic E-state index is 3.58. The van der Waals surface area contributed by atoms with Gasteiger partial charge in [0.25, 0.3) is 0 Å². The van der Waals surface area contributed by atoms with E-state index in [1.165, 1.54) is 37.8 Å². The molecule has 0 spiro atoms. The minimum atomic E-state index is 0.735. The van der Waals surface area contributed by atoms with E-state index >= 15 is 0 Å². The number of benzene rings is 1. The molecule has 0 aromatic heterocycles. The number of hydrogen-bond donors (Lipinski definition) is 2. The first kappa shape index (κ1) is 13.1. The summed E-state index contributed by atoms with van der Waals surface area (Å²) in [4.78, 5) is 0. The summed E-state index contributed by atoms with van der Waals surface area (Å²) in [5, 5.41) is 7.09. The number of piperidine rings is 1. The van der Waals surface area contributed by atoms with Gasteiger partial charge in [0.2, 0.25) is 0 Å². The summed E-state index contributed by atoms with van der Waals surface area (Å²) in [7, 11) is 0. The van der Waals surface area contributed by atoms with Crippen LogP contribution in [-0.4, -0.2) is 19.1 Å². The molecular weight excluding hydrogens is 276 g/mol. The van der Waals surface area contributed by atoms with Gasteiger partial charge < -0.3 is 10.6 Å². The molecule has 2 nitrogen and oxygen atoms in total. The van der Waals surface area contributed by atoms with Crippen LogP contribution in [0, 0.1) is 0 Å². The zero-order chi connectivity index (χ0) is 11.9. The van der Waals surface area contributed by atoms with Crippen molar-refractivity contribution < 1.29 is 0 Å². The average molecular weight is 297 g/mol. The molecule has 1 aromatic rings. The SMILES string of the molecule is Brc1cccc(CNCCC2CCCCN2)c1. The number of hydrogen-bond acceptors (Lipinski definition) is 2. The van der Waals surface area contributed by atoms with Crippen LogP contribution >= 0.6 is 15.9 Å². The maximum Gasteiger partial charge on any atom is 0.0205 e.